The number of carbonyl (C=O) groups excluding carboxylic acids is 5. The Balaban J connectivity index is 1.44. The minimum absolute atomic E-state index is 0.133. The van der Waals surface area contributed by atoms with Crippen LogP contribution in [-0.4, -0.2) is 67.6 Å². The van der Waals surface area contributed by atoms with Gasteiger partial charge in [-0.15, -0.1) is 0 Å². The van der Waals surface area contributed by atoms with Crippen molar-refractivity contribution in [1.82, 2.24) is 14.9 Å². The van der Waals surface area contributed by atoms with Gasteiger partial charge in [-0.05, 0) is 86.3 Å². The molecule has 2 atom stereocenters. The zero-order valence-electron chi connectivity index (χ0n) is 27.1. The third kappa shape index (κ3) is 7.01. The first kappa shape index (κ1) is 33.8. The molecule has 0 spiro atoms. The van der Waals surface area contributed by atoms with Gasteiger partial charge in [0.2, 0.25) is 27.7 Å². The van der Waals surface area contributed by atoms with E-state index in [0.717, 1.165) is 44.8 Å². The van der Waals surface area contributed by atoms with Gasteiger partial charge >= 0.3 is 0 Å². The number of hydrogen-bond acceptors (Lipinski definition) is 7. The Hall–Kier alpha value is -4.13. The number of para-hydroxylation sites is 1. The lowest BCUT2D eigenvalue weighted by atomic mass is 9.48. The Morgan fingerprint density at radius 3 is 2.15 bits per heavy atom. The number of nitrogens with zero attached hydrogens (tertiary/aromatic N) is 2. The van der Waals surface area contributed by atoms with Crippen LogP contribution in [0.5, 0.6) is 0 Å². The molecule has 7 rings (SSSR count). The molecule has 5 aliphatic rings. The number of anilines is 1. The molecule has 4 fully saturated rings. The van der Waals surface area contributed by atoms with Crippen molar-refractivity contribution in [2.75, 3.05) is 17.7 Å². The standard InChI is InChI=1S/C35H41FN4O7S/c1-21(41)40-29(33(44)37-19-32(43)38-48(2,46)47)14-31(42)26-8-4-6-10-28(26)39(20-25-7-3-5-9-27(25)36)34(45)30(40)18-35-15-22-11-23(16-35)13-24(12-22)17-35/h3-10,22-24,29-30H,11-20H2,1-2H3,(H,37,44)(H,38,43)/t22?,23?,24?,29-,30-,35?/m0/s1. The summed E-state index contributed by atoms with van der Waals surface area (Å²) in [7, 11) is -3.90. The number of fused-ring (bicyclic) bond motifs is 1. The van der Waals surface area contributed by atoms with E-state index in [0.29, 0.717) is 17.8 Å². The Morgan fingerprint density at radius 2 is 1.54 bits per heavy atom. The van der Waals surface area contributed by atoms with E-state index in [4.69, 9.17) is 0 Å². The average Bonchev–Trinajstić information content (AvgIpc) is 3.03. The topological polar surface area (TPSA) is 150 Å². The number of Topliss-reactive ketones (excluding diaryl/α,β-unsaturated/α-hetero) is 1. The van der Waals surface area contributed by atoms with Gasteiger partial charge in [0.15, 0.2) is 5.78 Å². The fourth-order valence-corrected chi connectivity index (χ4v) is 9.73. The van der Waals surface area contributed by atoms with Crippen molar-refractivity contribution in [3.05, 3.63) is 65.5 Å². The highest BCUT2D eigenvalue weighted by molar-refractivity contribution is 7.89. The SMILES string of the molecule is CC(=O)N1[C@H](C(=O)NCC(=O)NS(C)(=O)=O)CC(=O)c2ccccc2N(Cc2ccccc2F)C(=O)[C@@H]1CC12CC3CC(CC(C3)C1)C2. The third-order valence-electron chi connectivity index (χ3n) is 10.6. The van der Waals surface area contributed by atoms with E-state index in [1.807, 2.05) is 0 Å². The Labute approximate surface area is 279 Å². The summed E-state index contributed by atoms with van der Waals surface area (Å²) in [6.45, 7) is 0.306. The number of sulfonamides is 1. The molecule has 4 saturated carbocycles. The van der Waals surface area contributed by atoms with Gasteiger partial charge in [0.1, 0.15) is 17.9 Å². The van der Waals surface area contributed by atoms with Crippen LogP contribution in [0, 0.1) is 29.0 Å². The fraction of sp³-hybridized carbons (Fsp3) is 0.514. The Morgan fingerprint density at radius 1 is 0.938 bits per heavy atom. The molecule has 48 heavy (non-hydrogen) atoms. The monoisotopic (exact) mass is 680 g/mol. The summed E-state index contributed by atoms with van der Waals surface area (Å²) in [5.74, 6) is -2.49. The molecule has 0 aromatic heterocycles. The summed E-state index contributed by atoms with van der Waals surface area (Å²) in [6, 6.07) is 9.85. The van der Waals surface area contributed by atoms with Crippen molar-refractivity contribution in [2.24, 2.45) is 23.2 Å². The van der Waals surface area contributed by atoms with Crippen LogP contribution in [0.25, 0.3) is 0 Å². The van der Waals surface area contributed by atoms with Crippen LogP contribution >= 0.6 is 0 Å². The zero-order chi connectivity index (χ0) is 34.4. The molecule has 2 aromatic carbocycles. The highest BCUT2D eigenvalue weighted by atomic mass is 32.2. The average molecular weight is 681 g/mol. The van der Waals surface area contributed by atoms with Gasteiger partial charge in [-0.25, -0.2) is 12.8 Å². The first-order valence-corrected chi connectivity index (χ1v) is 18.4. The van der Waals surface area contributed by atoms with Crippen LogP contribution < -0.4 is 14.9 Å². The number of ketones is 1. The van der Waals surface area contributed by atoms with Gasteiger partial charge in [-0.1, -0.05) is 30.3 Å². The number of amides is 4. The molecule has 0 unspecified atom stereocenters. The molecule has 11 nitrogen and oxygen atoms in total. The van der Waals surface area contributed by atoms with Gasteiger partial charge in [0, 0.05) is 24.5 Å². The van der Waals surface area contributed by atoms with Crippen LogP contribution in [0.1, 0.15) is 74.2 Å². The van der Waals surface area contributed by atoms with Crippen molar-refractivity contribution in [2.45, 2.75) is 76.9 Å². The van der Waals surface area contributed by atoms with Crippen LogP contribution in [0.4, 0.5) is 10.1 Å². The molecule has 1 aliphatic heterocycles. The molecule has 2 N–H and O–H groups in total. The zero-order valence-corrected chi connectivity index (χ0v) is 27.9. The van der Waals surface area contributed by atoms with Crippen LogP contribution in [-0.2, 0) is 35.7 Å². The van der Waals surface area contributed by atoms with E-state index in [1.54, 1.807) is 41.1 Å². The lowest BCUT2D eigenvalue weighted by Gasteiger charge is -2.58. The molecule has 2 aromatic rings. The highest BCUT2D eigenvalue weighted by Crippen LogP contribution is 2.62. The van der Waals surface area contributed by atoms with Gasteiger partial charge in [-0.3, -0.25) is 28.7 Å². The van der Waals surface area contributed by atoms with Gasteiger partial charge in [-0.2, -0.15) is 0 Å². The fourth-order valence-electron chi connectivity index (χ4n) is 9.25. The van der Waals surface area contributed by atoms with E-state index >= 15 is 9.18 Å². The second-order valence-electron chi connectivity index (χ2n) is 14.3. The third-order valence-corrected chi connectivity index (χ3v) is 11.2. The maximum atomic E-state index is 15.1. The normalized spacial score (nSPS) is 28.3. The lowest BCUT2D eigenvalue weighted by molar-refractivity contribution is -0.149. The molecular formula is C35H41FN4O7S. The summed E-state index contributed by atoms with van der Waals surface area (Å²) < 4.78 is 40.0. The van der Waals surface area contributed by atoms with Gasteiger partial charge < -0.3 is 15.1 Å². The molecule has 4 amide bonds. The summed E-state index contributed by atoms with van der Waals surface area (Å²) in [5.41, 5.74) is 0.360. The molecule has 1 heterocycles. The molecule has 13 heteroatoms. The largest absolute Gasteiger partial charge is 0.345 e. The van der Waals surface area contributed by atoms with Crippen LogP contribution in [0.2, 0.25) is 0 Å². The Kier molecular flexibility index (Phi) is 9.18. The lowest BCUT2D eigenvalue weighted by Crippen LogP contribution is -2.61. The molecule has 4 aliphatic carbocycles. The second kappa shape index (κ2) is 13.1. The second-order valence-corrected chi connectivity index (χ2v) is 16.0. The van der Waals surface area contributed by atoms with Crippen molar-refractivity contribution < 1.29 is 36.8 Å². The quantitative estimate of drug-likeness (QED) is 0.435. The number of hydrogen-bond donors (Lipinski definition) is 2. The van der Waals surface area contributed by atoms with E-state index in [-0.39, 0.29) is 35.2 Å². The highest BCUT2D eigenvalue weighted by Gasteiger charge is 2.54. The minimum Gasteiger partial charge on any atom is -0.345 e. The van der Waals surface area contributed by atoms with Crippen molar-refractivity contribution in [3.8, 4) is 0 Å². The van der Waals surface area contributed by atoms with E-state index in [9.17, 15) is 27.6 Å². The smallest absolute Gasteiger partial charge is 0.252 e. The number of carbonyl (C=O) groups is 5. The molecule has 4 bridgehead atoms. The van der Waals surface area contributed by atoms with Crippen LogP contribution in [0.15, 0.2) is 48.5 Å². The van der Waals surface area contributed by atoms with Crippen molar-refractivity contribution in [1.29, 1.82) is 0 Å². The number of rotatable bonds is 8. The summed E-state index contributed by atoms with van der Waals surface area (Å²) in [4.78, 5) is 71.6. The van der Waals surface area contributed by atoms with Gasteiger partial charge in [0.05, 0.1) is 25.0 Å². The molecular weight excluding hydrogens is 639 g/mol. The maximum absolute atomic E-state index is 15.1. The summed E-state index contributed by atoms with van der Waals surface area (Å²) >= 11 is 0. The minimum atomic E-state index is -3.90. The van der Waals surface area contributed by atoms with E-state index < -0.39 is 70.3 Å². The Bertz CT molecular complexity index is 1730. The van der Waals surface area contributed by atoms with E-state index in [2.05, 4.69) is 5.32 Å². The molecule has 256 valence electrons. The number of halogens is 1. The number of benzene rings is 2. The van der Waals surface area contributed by atoms with Gasteiger partial charge in [0.25, 0.3) is 5.91 Å². The van der Waals surface area contributed by atoms with Crippen molar-refractivity contribution >= 4 is 45.1 Å². The van der Waals surface area contributed by atoms with Crippen molar-refractivity contribution in [3.63, 3.8) is 0 Å². The number of nitrogens with one attached hydrogen (secondary N) is 2. The van der Waals surface area contributed by atoms with Crippen LogP contribution in [0.3, 0.4) is 0 Å². The predicted octanol–water partition coefficient (Wildman–Crippen LogP) is 3.33. The summed E-state index contributed by atoms with van der Waals surface area (Å²) in [6.07, 6.45) is 6.74. The van der Waals surface area contributed by atoms with E-state index in [1.165, 1.54) is 28.9 Å². The predicted molar refractivity (Wildman–Crippen MR) is 174 cm³/mol. The first-order valence-electron chi connectivity index (χ1n) is 16.5. The molecule has 0 saturated heterocycles. The molecule has 0 radical (unpaired) electrons. The summed E-state index contributed by atoms with van der Waals surface area (Å²) in [5, 5.41) is 2.39. The first-order chi connectivity index (χ1) is 22.7. The maximum Gasteiger partial charge on any atom is 0.252 e.